The van der Waals surface area contributed by atoms with Gasteiger partial charge in [0.1, 0.15) is 12.4 Å². The van der Waals surface area contributed by atoms with Gasteiger partial charge in [-0.1, -0.05) is 30.3 Å². The second-order valence-corrected chi connectivity index (χ2v) is 4.75. The van der Waals surface area contributed by atoms with Crippen molar-refractivity contribution in [2.45, 2.75) is 19.3 Å². The second-order valence-electron chi connectivity index (χ2n) is 3.24. The number of carbonyl (C=O) groups is 1. The van der Waals surface area contributed by atoms with E-state index in [4.69, 9.17) is 9.73 Å². The molecule has 0 aromatic heterocycles. The third kappa shape index (κ3) is 3.77. The van der Waals surface area contributed by atoms with Crippen molar-refractivity contribution in [1.29, 1.82) is 0 Å². The summed E-state index contributed by atoms with van der Waals surface area (Å²) in [6.45, 7) is 1.65. The van der Waals surface area contributed by atoms with Crippen LogP contribution in [-0.2, 0) is 20.8 Å². The highest BCUT2D eigenvalue weighted by Gasteiger charge is 2.17. The molecule has 0 bridgehead atoms. The van der Waals surface area contributed by atoms with Crippen molar-refractivity contribution in [3.8, 4) is 0 Å². The standard InChI is InChI=1S/C10H14NO4P/c1-9(16(13)14)11(8-12)15-7-10-5-3-2-4-6-10/h2-6,8-9,16H,7H2,1H3,(H,13,14). The molecular weight excluding hydrogens is 229 g/mol. The summed E-state index contributed by atoms with van der Waals surface area (Å²) >= 11 is 0. The van der Waals surface area contributed by atoms with Crippen LogP contribution in [0.3, 0.4) is 0 Å². The van der Waals surface area contributed by atoms with Crippen molar-refractivity contribution in [3.63, 3.8) is 0 Å². The zero-order valence-electron chi connectivity index (χ0n) is 8.87. The lowest BCUT2D eigenvalue weighted by Crippen LogP contribution is -2.29. The zero-order valence-corrected chi connectivity index (χ0v) is 9.87. The third-order valence-electron chi connectivity index (χ3n) is 2.07. The van der Waals surface area contributed by atoms with Gasteiger partial charge in [-0.15, -0.1) is 0 Å². The predicted octanol–water partition coefficient (Wildman–Crippen LogP) is 1.39. The topological polar surface area (TPSA) is 66.8 Å². The molecule has 1 N–H and O–H groups in total. The number of hydrogen-bond acceptors (Lipinski definition) is 3. The number of amides is 1. The predicted molar refractivity (Wildman–Crippen MR) is 59.8 cm³/mol. The summed E-state index contributed by atoms with van der Waals surface area (Å²) in [6, 6.07) is 9.26. The maximum Gasteiger partial charge on any atom is 0.234 e. The van der Waals surface area contributed by atoms with Crippen molar-refractivity contribution in [2.75, 3.05) is 0 Å². The molecule has 0 spiro atoms. The van der Waals surface area contributed by atoms with E-state index in [9.17, 15) is 9.36 Å². The van der Waals surface area contributed by atoms with Gasteiger partial charge in [0.25, 0.3) is 0 Å². The van der Waals surface area contributed by atoms with Gasteiger partial charge in [-0.2, -0.15) is 0 Å². The van der Waals surface area contributed by atoms with Gasteiger partial charge < -0.3 is 4.89 Å². The van der Waals surface area contributed by atoms with E-state index >= 15 is 0 Å². The van der Waals surface area contributed by atoms with E-state index in [1.165, 1.54) is 6.92 Å². The highest BCUT2D eigenvalue weighted by atomic mass is 31.1. The van der Waals surface area contributed by atoms with Gasteiger partial charge in [-0.05, 0) is 12.5 Å². The fourth-order valence-electron chi connectivity index (χ4n) is 1.07. The molecule has 6 heteroatoms. The Labute approximate surface area is 94.5 Å². The summed E-state index contributed by atoms with van der Waals surface area (Å²) in [4.78, 5) is 24.7. The Balaban J connectivity index is 2.52. The molecule has 5 nitrogen and oxygen atoms in total. The first kappa shape index (κ1) is 12.9. The zero-order chi connectivity index (χ0) is 12.0. The number of hydroxylamine groups is 2. The smallest absolute Gasteiger partial charge is 0.234 e. The van der Waals surface area contributed by atoms with Crippen LogP contribution >= 0.6 is 8.03 Å². The van der Waals surface area contributed by atoms with Crippen LogP contribution in [0.4, 0.5) is 0 Å². The average Bonchev–Trinajstić information content (AvgIpc) is 2.30. The summed E-state index contributed by atoms with van der Waals surface area (Å²) < 4.78 is 10.8. The van der Waals surface area contributed by atoms with Gasteiger partial charge in [-0.3, -0.25) is 14.2 Å². The highest BCUT2D eigenvalue weighted by molar-refractivity contribution is 7.38. The molecule has 1 aromatic rings. The molecule has 0 aliphatic carbocycles. The van der Waals surface area contributed by atoms with E-state index in [1.54, 1.807) is 0 Å². The van der Waals surface area contributed by atoms with Gasteiger partial charge in [0.2, 0.25) is 14.4 Å². The minimum atomic E-state index is -2.81. The van der Waals surface area contributed by atoms with Crippen LogP contribution in [0, 0.1) is 0 Å². The summed E-state index contributed by atoms with van der Waals surface area (Å²) in [5, 5.41) is 0.869. The van der Waals surface area contributed by atoms with Crippen LogP contribution < -0.4 is 0 Å². The lowest BCUT2D eigenvalue weighted by Gasteiger charge is -2.21. The minimum absolute atomic E-state index is 0.194. The molecule has 2 atom stereocenters. The summed E-state index contributed by atoms with van der Waals surface area (Å²) in [7, 11) is -2.81. The summed E-state index contributed by atoms with van der Waals surface area (Å²) in [5.74, 6) is -0.814. The molecular formula is C10H14NO4P. The molecule has 0 aliphatic heterocycles. The third-order valence-corrected chi connectivity index (χ3v) is 3.04. The Bertz CT molecular complexity index is 357. The molecule has 88 valence electrons. The number of carbonyl (C=O) groups excluding carboxylic acids is 1. The number of hydrogen-bond donors (Lipinski definition) is 1. The fourth-order valence-corrected chi connectivity index (χ4v) is 1.42. The Kier molecular flexibility index (Phi) is 5.19. The van der Waals surface area contributed by atoms with Gasteiger partial charge in [0.05, 0.1) is 0 Å². The first-order valence-electron chi connectivity index (χ1n) is 4.78. The van der Waals surface area contributed by atoms with Crippen molar-refractivity contribution in [2.24, 2.45) is 0 Å². The molecule has 0 saturated heterocycles. The molecule has 1 aromatic carbocycles. The summed E-state index contributed by atoms with van der Waals surface area (Å²) in [6.07, 6.45) is 0.409. The number of rotatable bonds is 6. The van der Waals surface area contributed by atoms with Crippen molar-refractivity contribution >= 4 is 14.4 Å². The van der Waals surface area contributed by atoms with E-state index in [0.29, 0.717) is 6.41 Å². The molecule has 0 fully saturated rings. The minimum Gasteiger partial charge on any atom is -0.345 e. The van der Waals surface area contributed by atoms with Gasteiger partial charge in [-0.25, -0.2) is 5.06 Å². The van der Waals surface area contributed by atoms with Crippen LogP contribution in [0.15, 0.2) is 30.3 Å². The SMILES string of the molecule is CC(N(C=O)OCc1ccccc1)[PH](=O)O. The molecule has 1 amide bonds. The van der Waals surface area contributed by atoms with Gasteiger partial charge >= 0.3 is 0 Å². The van der Waals surface area contributed by atoms with Crippen molar-refractivity contribution < 1.29 is 19.1 Å². The van der Waals surface area contributed by atoms with E-state index in [-0.39, 0.29) is 6.61 Å². The van der Waals surface area contributed by atoms with E-state index in [0.717, 1.165) is 10.6 Å². The number of nitrogens with zero attached hydrogens (tertiary/aromatic N) is 1. The van der Waals surface area contributed by atoms with Crippen LogP contribution in [0.5, 0.6) is 0 Å². The first-order chi connectivity index (χ1) is 7.65. The maximum absolute atomic E-state index is 10.8. The molecule has 2 unspecified atom stereocenters. The average molecular weight is 243 g/mol. The van der Waals surface area contributed by atoms with Crippen LogP contribution in [0.2, 0.25) is 0 Å². The van der Waals surface area contributed by atoms with E-state index in [1.807, 2.05) is 30.3 Å². The highest BCUT2D eigenvalue weighted by Crippen LogP contribution is 2.24. The Morgan fingerprint density at radius 3 is 2.62 bits per heavy atom. The maximum atomic E-state index is 10.8. The molecule has 16 heavy (non-hydrogen) atoms. The summed E-state index contributed by atoms with van der Waals surface area (Å²) in [5.41, 5.74) is 0.888. The van der Waals surface area contributed by atoms with Gasteiger partial charge in [0, 0.05) is 0 Å². The molecule has 0 heterocycles. The largest absolute Gasteiger partial charge is 0.345 e. The Morgan fingerprint density at radius 2 is 2.12 bits per heavy atom. The lowest BCUT2D eigenvalue weighted by molar-refractivity contribution is -0.181. The molecule has 0 radical (unpaired) electrons. The van der Waals surface area contributed by atoms with Crippen molar-refractivity contribution in [3.05, 3.63) is 35.9 Å². The fraction of sp³-hybridized carbons (Fsp3) is 0.300. The van der Waals surface area contributed by atoms with Crippen LogP contribution in [0.25, 0.3) is 0 Å². The quantitative estimate of drug-likeness (QED) is 0.465. The van der Waals surface area contributed by atoms with Gasteiger partial charge in [0.15, 0.2) is 0 Å². The van der Waals surface area contributed by atoms with Crippen molar-refractivity contribution in [1.82, 2.24) is 5.06 Å². The monoisotopic (exact) mass is 243 g/mol. The van der Waals surface area contributed by atoms with Crippen LogP contribution in [-0.4, -0.2) is 22.1 Å². The molecule has 0 aliphatic rings. The number of benzene rings is 1. The second kappa shape index (κ2) is 6.43. The first-order valence-corrected chi connectivity index (χ1v) is 6.21. The van der Waals surface area contributed by atoms with E-state index in [2.05, 4.69) is 0 Å². The Hall–Kier alpha value is -1.16. The molecule has 0 saturated carbocycles. The lowest BCUT2D eigenvalue weighted by atomic mass is 10.2. The normalized spacial score (nSPS) is 14.1. The van der Waals surface area contributed by atoms with Crippen LogP contribution in [0.1, 0.15) is 12.5 Å². The van der Waals surface area contributed by atoms with E-state index < -0.39 is 13.8 Å². The Morgan fingerprint density at radius 1 is 1.50 bits per heavy atom. The molecule has 1 rings (SSSR count).